The SMILES string of the molecule is NNC(c1ccc(Br)cc1F)C1CCOC2(CCOC2)C1. The fraction of sp³-hybridized carbons (Fsp3) is 0.600. The van der Waals surface area contributed by atoms with E-state index in [4.69, 9.17) is 15.3 Å². The summed E-state index contributed by atoms with van der Waals surface area (Å²) in [6.45, 7) is 2.04. The average molecular weight is 359 g/mol. The Morgan fingerprint density at radius 3 is 2.95 bits per heavy atom. The second kappa shape index (κ2) is 6.30. The third-order valence-electron chi connectivity index (χ3n) is 4.55. The lowest BCUT2D eigenvalue weighted by Gasteiger charge is -2.40. The van der Waals surface area contributed by atoms with Crippen LogP contribution in [0.5, 0.6) is 0 Å². The Kier molecular flexibility index (Phi) is 4.61. The molecule has 1 aromatic rings. The van der Waals surface area contributed by atoms with Crippen molar-refractivity contribution < 1.29 is 13.9 Å². The normalized spacial score (nSPS) is 30.7. The van der Waals surface area contributed by atoms with Gasteiger partial charge in [-0.2, -0.15) is 0 Å². The summed E-state index contributed by atoms with van der Waals surface area (Å²) in [5.41, 5.74) is 3.21. The predicted octanol–water partition coefficient (Wildman–Crippen LogP) is 2.68. The van der Waals surface area contributed by atoms with Crippen molar-refractivity contribution in [3.8, 4) is 0 Å². The van der Waals surface area contributed by atoms with Crippen molar-refractivity contribution in [1.29, 1.82) is 0 Å². The zero-order chi connectivity index (χ0) is 14.9. The van der Waals surface area contributed by atoms with Gasteiger partial charge in [0.25, 0.3) is 0 Å². The molecule has 116 valence electrons. The Labute approximate surface area is 132 Å². The van der Waals surface area contributed by atoms with Gasteiger partial charge in [-0.25, -0.2) is 4.39 Å². The van der Waals surface area contributed by atoms with Gasteiger partial charge in [0.2, 0.25) is 0 Å². The van der Waals surface area contributed by atoms with E-state index in [-0.39, 0.29) is 23.4 Å². The smallest absolute Gasteiger partial charge is 0.129 e. The van der Waals surface area contributed by atoms with Crippen molar-refractivity contribution in [2.75, 3.05) is 19.8 Å². The molecule has 6 heteroatoms. The van der Waals surface area contributed by atoms with Crippen molar-refractivity contribution in [1.82, 2.24) is 5.43 Å². The molecule has 0 bridgehead atoms. The molecule has 0 aromatic heterocycles. The average Bonchev–Trinajstić information content (AvgIpc) is 2.90. The minimum atomic E-state index is -0.240. The Morgan fingerprint density at radius 1 is 1.43 bits per heavy atom. The molecule has 4 nitrogen and oxygen atoms in total. The Balaban J connectivity index is 1.82. The maximum Gasteiger partial charge on any atom is 0.129 e. The zero-order valence-electron chi connectivity index (χ0n) is 11.8. The molecular weight excluding hydrogens is 339 g/mol. The highest BCUT2D eigenvalue weighted by Gasteiger charge is 2.43. The van der Waals surface area contributed by atoms with Gasteiger partial charge in [-0.05, 0) is 30.9 Å². The summed E-state index contributed by atoms with van der Waals surface area (Å²) in [7, 11) is 0. The van der Waals surface area contributed by atoms with Gasteiger partial charge in [0.15, 0.2) is 0 Å². The highest BCUT2D eigenvalue weighted by atomic mass is 79.9. The summed E-state index contributed by atoms with van der Waals surface area (Å²) in [5.74, 6) is 5.73. The second-order valence-corrected chi connectivity index (χ2v) is 6.81. The largest absolute Gasteiger partial charge is 0.378 e. The van der Waals surface area contributed by atoms with Crippen LogP contribution in [-0.2, 0) is 9.47 Å². The van der Waals surface area contributed by atoms with Gasteiger partial charge >= 0.3 is 0 Å². The van der Waals surface area contributed by atoms with E-state index < -0.39 is 0 Å². The molecule has 3 atom stereocenters. The number of halogens is 2. The molecule has 2 aliphatic rings. The van der Waals surface area contributed by atoms with Crippen molar-refractivity contribution >= 4 is 15.9 Å². The molecule has 0 amide bonds. The van der Waals surface area contributed by atoms with Crippen LogP contribution in [0.25, 0.3) is 0 Å². The number of ether oxygens (including phenoxy) is 2. The van der Waals surface area contributed by atoms with Gasteiger partial charge in [0.1, 0.15) is 5.82 Å². The molecule has 2 saturated heterocycles. The molecule has 1 aromatic carbocycles. The number of hydrazine groups is 1. The summed E-state index contributed by atoms with van der Waals surface area (Å²) >= 11 is 3.28. The van der Waals surface area contributed by atoms with E-state index in [0.717, 1.165) is 30.3 Å². The van der Waals surface area contributed by atoms with Crippen molar-refractivity contribution in [2.24, 2.45) is 11.8 Å². The summed E-state index contributed by atoms with van der Waals surface area (Å²) in [6, 6.07) is 4.90. The van der Waals surface area contributed by atoms with Crippen LogP contribution < -0.4 is 11.3 Å². The number of rotatable bonds is 3. The van der Waals surface area contributed by atoms with Crippen LogP contribution in [0.15, 0.2) is 22.7 Å². The fourth-order valence-electron chi connectivity index (χ4n) is 3.45. The summed E-state index contributed by atoms with van der Waals surface area (Å²) in [5, 5.41) is 0. The molecule has 1 spiro atoms. The maximum atomic E-state index is 14.2. The van der Waals surface area contributed by atoms with Crippen molar-refractivity contribution in [3.05, 3.63) is 34.1 Å². The van der Waals surface area contributed by atoms with Gasteiger partial charge in [-0.1, -0.05) is 22.0 Å². The molecule has 2 aliphatic heterocycles. The van der Waals surface area contributed by atoms with E-state index in [9.17, 15) is 4.39 Å². The fourth-order valence-corrected chi connectivity index (χ4v) is 3.78. The predicted molar refractivity (Wildman–Crippen MR) is 81.0 cm³/mol. The first-order chi connectivity index (χ1) is 10.1. The lowest BCUT2D eigenvalue weighted by molar-refractivity contribution is -0.103. The Morgan fingerprint density at radius 2 is 2.29 bits per heavy atom. The molecule has 3 rings (SSSR count). The summed E-state index contributed by atoms with van der Waals surface area (Å²) in [4.78, 5) is 0. The molecule has 2 heterocycles. The van der Waals surface area contributed by atoms with Gasteiger partial charge in [-0.15, -0.1) is 0 Å². The quantitative estimate of drug-likeness (QED) is 0.644. The minimum Gasteiger partial charge on any atom is -0.378 e. The van der Waals surface area contributed by atoms with Crippen LogP contribution in [0, 0.1) is 11.7 Å². The van der Waals surface area contributed by atoms with E-state index in [1.807, 2.05) is 6.07 Å². The summed E-state index contributed by atoms with van der Waals surface area (Å²) in [6.07, 6.45) is 2.62. The van der Waals surface area contributed by atoms with E-state index in [1.165, 1.54) is 6.07 Å². The van der Waals surface area contributed by atoms with Crippen LogP contribution in [0.3, 0.4) is 0 Å². The highest BCUT2D eigenvalue weighted by Crippen LogP contribution is 2.41. The van der Waals surface area contributed by atoms with Crippen LogP contribution >= 0.6 is 15.9 Å². The van der Waals surface area contributed by atoms with Gasteiger partial charge in [-0.3, -0.25) is 11.3 Å². The molecule has 3 N–H and O–H groups in total. The standard InChI is InChI=1S/C15H20BrFN2O2/c16-11-1-2-12(13(17)7-11)14(19-18)10-3-5-21-15(8-10)4-6-20-9-15/h1-2,7,10,14,19H,3-6,8-9,18H2. The van der Waals surface area contributed by atoms with Crippen molar-refractivity contribution in [2.45, 2.75) is 30.9 Å². The maximum absolute atomic E-state index is 14.2. The van der Waals surface area contributed by atoms with Crippen LogP contribution in [0.4, 0.5) is 4.39 Å². The number of hydrogen-bond donors (Lipinski definition) is 2. The number of hydrogen-bond acceptors (Lipinski definition) is 4. The first-order valence-electron chi connectivity index (χ1n) is 7.26. The van der Waals surface area contributed by atoms with Crippen LogP contribution in [-0.4, -0.2) is 25.4 Å². The van der Waals surface area contributed by atoms with Crippen molar-refractivity contribution in [3.63, 3.8) is 0 Å². The molecular formula is C15H20BrFN2O2. The number of nitrogens with one attached hydrogen (secondary N) is 1. The Bertz CT molecular complexity index is 508. The first-order valence-corrected chi connectivity index (χ1v) is 8.06. The van der Waals surface area contributed by atoms with E-state index in [2.05, 4.69) is 21.4 Å². The van der Waals surface area contributed by atoms with E-state index in [0.29, 0.717) is 18.8 Å². The number of benzene rings is 1. The van der Waals surface area contributed by atoms with E-state index >= 15 is 0 Å². The minimum absolute atomic E-state index is 0.205. The summed E-state index contributed by atoms with van der Waals surface area (Å²) < 4.78 is 26.4. The van der Waals surface area contributed by atoms with Gasteiger partial charge in [0.05, 0.1) is 18.2 Å². The molecule has 3 unspecified atom stereocenters. The monoisotopic (exact) mass is 358 g/mol. The highest BCUT2D eigenvalue weighted by molar-refractivity contribution is 9.10. The molecule has 21 heavy (non-hydrogen) atoms. The second-order valence-electron chi connectivity index (χ2n) is 5.90. The van der Waals surface area contributed by atoms with Crippen LogP contribution in [0.2, 0.25) is 0 Å². The van der Waals surface area contributed by atoms with E-state index in [1.54, 1.807) is 6.07 Å². The lowest BCUT2D eigenvalue weighted by atomic mass is 9.79. The molecule has 0 radical (unpaired) electrons. The lowest BCUT2D eigenvalue weighted by Crippen LogP contribution is -2.45. The topological polar surface area (TPSA) is 56.5 Å². The third-order valence-corrected chi connectivity index (χ3v) is 5.04. The zero-order valence-corrected chi connectivity index (χ0v) is 13.4. The molecule has 0 saturated carbocycles. The van der Waals surface area contributed by atoms with Gasteiger partial charge < -0.3 is 9.47 Å². The van der Waals surface area contributed by atoms with Crippen LogP contribution in [0.1, 0.15) is 30.9 Å². The first kappa shape index (κ1) is 15.4. The third kappa shape index (κ3) is 3.14. The number of nitrogens with two attached hydrogens (primary N) is 1. The molecule has 0 aliphatic carbocycles. The molecule has 2 fully saturated rings. The van der Waals surface area contributed by atoms with Gasteiger partial charge in [0, 0.05) is 29.7 Å². The Hall–Kier alpha value is -0.530.